The molecule has 0 aliphatic heterocycles. The lowest BCUT2D eigenvalue weighted by Crippen LogP contribution is -2.21. The first-order valence-electron chi connectivity index (χ1n) is 9.08. The standard InChI is InChI=1S/C23H24N2O2/c24-20(19-11-5-2-6-12-19)17-23(26)25-21-13-7-8-14-22(21)27-16-15-18-9-3-1-4-10-18/h1-14,20H,15-17,24H2,(H,25,26)/t20-/m1/s1. The lowest BCUT2D eigenvalue weighted by Gasteiger charge is -2.15. The molecule has 0 heterocycles. The van der Waals surface area contributed by atoms with Crippen LogP contribution >= 0.6 is 0 Å². The molecule has 0 unspecified atom stereocenters. The van der Waals surface area contributed by atoms with Crippen molar-refractivity contribution < 1.29 is 9.53 Å². The quantitative estimate of drug-likeness (QED) is 0.628. The molecule has 1 amide bonds. The van der Waals surface area contributed by atoms with Crippen molar-refractivity contribution in [3.05, 3.63) is 96.1 Å². The Balaban J connectivity index is 1.56. The van der Waals surface area contributed by atoms with Crippen molar-refractivity contribution in [1.82, 2.24) is 0 Å². The summed E-state index contributed by atoms with van der Waals surface area (Å²) in [6.07, 6.45) is 1.02. The largest absolute Gasteiger partial charge is 0.491 e. The lowest BCUT2D eigenvalue weighted by atomic mass is 10.0. The number of carbonyl (C=O) groups is 1. The van der Waals surface area contributed by atoms with Gasteiger partial charge in [-0.05, 0) is 23.3 Å². The van der Waals surface area contributed by atoms with Gasteiger partial charge in [-0.15, -0.1) is 0 Å². The van der Waals surface area contributed by atoms with Gasteiger partial charge >= 0.3 is 0 Å². The van der Waals surface area contributed by atoms with E-state index in [1.807, 2.05) is 72.8 Å². The second kappa shape index (κ2) is 9.55. The fraction of sp³-hybridized carbons (Fsp3) is 0.174. The molecule has 1 atom stereocenters. The van der Waals surface area contributed by atoms with E-state index in [1.165, 1.54) is 5.56 Å². The molecule has 27 heavy (non-hydrogen) atoms. The van der Waals surface area contributed by atoms with Crippen molar-refractivity contribution in [3.63, 3.8) is 0 Å². The minimum atomic E-state index is -0.336. The fourth-order valence-electron chi connectivity index (χ4n) is 2.84. The molecular weight excluding hydrogens is 336 g/mol. The Kier molecular flexibility index (Phi) is 6.61. The zero-order valence-electron chi connectivity index (χ0n) is 15.2. The van der Waals surface area contributed by atoms with Crippen molar-refractivity contribution in [2.24, 2.45) is 5.73 Å². The average Bonchev–Trinajstić information content (AvgIpc) is 2.70. The van der Waals surface area contributed by atoms with Crippen molar-refractivity contribution in [3.8, 4) is 5.75 Å². The van der Waals surface area contributed by atoms with Gasteiger partial charge in [0, 0.05) is 18.9 Å². The molecule has 0 aliphatic rings. The molecule has 0 spiro atoms. The van der Waals surface area contributed by atoms with Crippen molar-refractivity contribution in [2.75, 3.05) is 11.9 Å². The number of benzene rings is 3. The van der Waals surface area contributed by atoms with Gasteiger partial charge in [0.2, 0.25) is 5.91 Å². The Labute approximate surface area is 160 Å². The van der Waals surface area contributed by atoms with Gasteiger partial charge in [0.15, 0.2) is 0 Å². The first-order valence-corrected chi connectivity index (χ1v) is 9.08. The number of nitrogens with one attached hydrogen (secondary N) is 1. The van der Waals surface area contributed by atoms with Crippen LogP contribution in [0.2, 0.25) is 0 Å². The van der Waals surface area contributed by atoms with Gasteiger partial charge in [0.05, 0.1) is 12.3 Å². The van der Waals surface area contributed by atoms with E-state index in [0.717, 1.165) is 12.0 Å². The molecule has 0 aromatic heterocycles. The van der Waals surface area contributed by atoms with Crippen LogP contribution in [0.15, 0.2) is 84.9 Å². The summed E-state index contributed by atoms with van der Waals surface area (Å²) in [6, 6.07) is 26.9. The highest BCUT2D eigenvalue weighted by atomic mass is 16.5. The van der Waals surface area contributed by atoms with Crippen molar-refractivity contribution in [2.45, 2.75) is 18.9 Å². The van der Waals surface area contributed by atoms with Crippen LogP contribution in [-0.2, 0) is 11.2 Å². The van der Waals surface area contributed by atoms with Crippen LogP contribution in [0.25, 0.3) is 0 Å². The Hall–Kier alpha value is -3.11. The van der Waals surface area contributed by atoms with E-state index in [9.17, 15) is 4.79 Å². The Morgan fingerprint density at radius 3 is 2.26 bits per heavy atom. The summed E-state index contributed by atoms with van der Waals surface area (Å²) in [4.78, 5) is 12.4. The summed E-state index contributed by atoms with van der Waals surface area (Å²) < 4.78 is 5.89. The SMILES string of the molecule is N[C@H](CC(=O)Nc1ccccc1OCCc1ccccc1)c1ccccc1. The molecule has 0 aliphatic carbocycles. The topological polar surface area (TPSA) is 64.4 Å². The molecule has 3 aromatic rings. The Morgan fingerprint density at radius 1 is 0.889 bits per heavy atom. The van der Waals surface area contributed by atoms with Crippen LogP contribution in [0.4, 0.5) is 5.69 Å². The van der Waals surface area contributed by atoms with Gasteiger partial charge in [0.1, 0.15) is 5.75 Å². The molecule has 0 saturated heterocycles. The van der Waals surface area contributed by atoms with Crippen LogP contribution in [-0.4, -0.2) is 12.5 Å². The van der Waals surface area contributed by atoms with Gasteiger partial charge in [-0.2, -0.15) is 0 Å². The third-order valence-corrected chi connectivity index (χ3v) is 4.29. The molecule has 0 radical (unpaired) electrons. The maximum atomic E-state index is 12.4. The van der Waals surface area contributed by atoms with E-state index in [-0.39, 0.29) is 18.4 Å². The van der Waals surface area contributed by atoms with Crippen LogP contribution in [0.5, 0.6) is 5.75 Å². The highest BCUT2D eigenvalue weighted by Crippen LogP contribution is 2.25. The van der Waals surface area contributed by atoms with Crippen LogP contribution in [0, 0.1) is 0 Å². The summed E-state index contributed by atoms with van der Waals surface area (Å²) >= 11 is 0. The van der Waals surface area contributed by atoms with Gasteiger partial charge in [-0.1, -0.05) is 72.8 Å². The number of anilines is 1. The maximum absolute atomic E-state index is 12.4. The van der Waals surface area contributed by atoms with E-state index in [4.69, 9.17) is 10.5 Å². The molecule has 0 bridgehead atoms. The van der Waals surface area contributed by atoms with Crippen molar-refractivity contribution in [1.29, 1.82) is 0 Å². The highest BCUT2D eigenvalue weighted by Gasteiger charge is 2.13. The number of hydrogen-bond acceptors (Lipinski definition) is 3. The lowest BCUT2D eigenvalue weighted by molar-refractivity contribution is -0.116. The summed E-state index contributed by atoms with van der Waals surface area (Å²) in [5.41, 5.74) is 8.96. The van der Waals surface area contributed by atoms with Crippen LogP contribution < -0.4 is 15.8 Å². The molecule has 3 rings (SSSR count). The third kappa shape index (κ3) is 5.69. The molecule has 4 nitrogen and oxygen atoms in total. The van der Waals surface area contributed by atoms with Crippen LogP contribution in [0.3, 0.4) is 0 Å². The molecule has 0 saturated carbocycles. The van der Waals surface area contributed by atoms with E-state index < -0.39 is 0 Å². The zero-order chi connectivity index (χ0) is 18.9. The second-order valence-corrected chi connectivity index (χ2v) is 6.35. The van der Waals surface area contributed by atoms with E-state index >= 15 is 0 Å². The number of amides is 1. The molecular formula is C23H24N2O2. The Bertz CT molecular complexity index is 851. The smallest absolute Gasteiger partial charge is 0.226 e. The molecule has 3 aromatic carbocycles. The summed E-state index contributed by atoms with van der Waals surface area (Å²) in [5, 5.41) is 2.92. The molecule has 3 N–H and O–H groups in total. The molecule has 138 valence electrons. The summed E-state index contributed by atoms with van der Waals surface area (Å²) in [6.45, 7) is 0.542. The first kappa shape index (κ1) is 18.7. The second-order valence-electron chi connectivity index (χ2n) is 6.35. The van der Waals surface area contributed by atoms with E-state index in [1.54, 1.807) is 0 Å². The minimum Gasteiger partial charge on any atom is -0.491 e. The number of carbonyl (C=O) groups excluding carboxylic acids is 1. The number of rotatable bonds is 8. The third-order valence-electron chi connectivity index (χ3n) is 4.29. The first-order chi connectivity index (χ1) is 13.2. The highest BCUT2D eigenvalue weighted by molar-refractivity contribution is 5.92. The zero-order valence-corrected chi connectivity index (χ0v) is 15.2. The van der Waals surface area contributed by atoms with Gasteiger partial charge < -0.3 is 15.8 Å². The average molecular weight is 360 g/mol. The fourth-order valence-corrected chi connectivity index (χ4v) is 2.84. The normalized spacial score (nSPS) is 11.6. The number of para-hydroxylation sites is 2. The number of nitrogens with two attached hydrogens (primary N) is 1. The van der Waals surface area contributed by atoms with E-state index in [0.29, 0.717) is 18.0 Å². The summed E-state index contributed by atoms with van der Waals surface area (Å²) in [7, 11) is 0. The predicted molar refractivity (Wildman–Crippen MR) is 109 cm³/mol. The van der Waals surface area contributed by atoms with E-state index in [2.05, 4.69) is 17.4 Å². The monoisotopic (exact) mass is 360 g/mol. The van der Waals surface area contributed by atoms with Gasteiger partial charge in [-0.25, -0.2) is 0 Å². The number of ether oxygens (including phenoxy) is 1. The van der Waals surface area contributed by atoms with Crippen LogP contribution in [0.1, 0.15) is 23.6 Å². The maximum Gasteiger partial charge on any atom is 0.226 e. The predicted octanol–water partition coefficient (Wildman–Crippen LogP) is 4.34. The van der Waals surface area contributed by atoms with Crippen molar-refractivity contribution >= 4 is 11.6 Å². The number of hydrogen-bond donors (Lipinski definition) is 2. The summed E-state index contributed by atoms with van der Waals surface area (Å²) in [5.74, 6) is 0.528. The Morgan fingerprint density at radius 2 is 1.52 bits per heavy atom. The van der Waals surface area contributed by atoms with Gasteiger partial charge in [0.25, 0.3) is 0 Å². The minimum absolute atomic E-state index is 0.134. The van der Waals surface area contributed by atoms with Gasteiger partial charge in [-0.3, -0.25) is 4.79 Å². The molecule has 0 fully saturated rings. The molecule has 4 heteroatoms.